The molecule has 0 aliphatic heterocycles. The second kappa shape index (κ2) is 9.64. The number of nitrogens with zero attached hydrogens (tertiary/aromatic N) is 1. The van der Waals surface area contributed by atoms with Crippen LogP contribution in [0.25, 0.3) is 0 Å². The van der Waals surface area contributed by atoms with Crippen LogP contribution in [0.5, 0.6) is 5.88 Å². The molecule has 0 aromatic carbocycles. The van der Waals surface area contributed by atoms with Crippen LogP contribution < -0.4 is 15.8 Å². The molecule has 122 valence electrons. The number of halogens is 5. The molecule has 0 spiro atoms. The van der Waals surface area contributed by atoms with E-state index in [2.05, 4.69) is 15.0 Å². The number of anilines is 1. The second-order valence-electron chi connectivity index (χ2n) is 4.02. The van der Waals surface area contributed by atoms with E-state index in [1.807, 2.05) is 0 Å². The highest BCUT2D eigenvalue weighted by Gasteiger charge is 2.28. The predicted molar refractivity (Wildman–Crippen MR) is 77.2 cm³/mol. The van der Waals surface area contributed by atoms with E-state index in [0.29, 0.717) is 5.69 Å². The van der Waals surface area contributed by atoms with Gasteiger partial charge in [0.25, 0.3) is 0 Å². The Bertz CT molecular complexity index is 428. The summed E-state index contributed by atoms with van der Waals surface area (Å²) in [5, 5.41) is 2.51. The summed E-state index contributed by atoms with van der Waals surface area (Å²) in [6, 6.07) is 2.37. The van der Waals surface area contributed by atoms with Gasteiger partial charge in [-0.2, -0.15) is 13.2 Å². The van der Waals surface area contributed by atoms with Crippen molar-refractivity contribution in [1.82, 2.24) is 4.98 Å². The van der Waals surface area contributed by atoms with Crippen molar-refractivity contribution in [3.05, 3.63) is 18.3 Å². The molecule has 5 nitrogen and oxygen atoms in total. The largest absolute Gasteiger partial charge is 0.468 e. The topological polar surface area (TPSA) is 77.2 Å². The maximum Gasteiger partial charge on any atom is 0.422 e. The third-order valence-electron chi connectivity index (χ3n) is 1.91. The molecule has 1 aromatic heterocycles. The zero-order chi connectivity index (χ0) is 14.5. The van der Waals surface area contributed by atoms with E-state index in [1.165, 1.54) is 18.3 Å². The molecule has 10 heteroatoms. The Balaban J connectivity index is 0. The second-order valence-corrected chi connectivity index (χ2v) is 4.02. The molecule has 21 heavy (non-hydrogen) atoms. The monoisotopic (exact) mass is 349 g/mol. The van der Waals surface area contributed by atoms with Crippen molar-refractivity contribution in [2.75, 3.05) is 11.9 Å². The lowest BCUT2D eigenvalue weighted by atomic mass is 10.2. The van der Waals surface area contributed by atoms with Crippen LogP contribution in [0.2, 0.25) is 0 Å². The van der Waals surface area contributed by atoms with E-state index in [4.69, 9.17) is 5.73 Å². The Morgan fingerprint density at radius 2 is 2.05 bits per heavy atom. The Morgan fingerprint density at radius 1 is 1.43 bits per heavy atom. The van der Waals surface area contributed by atoms with Gasteiger partial charge in [0.05, 0.1) is 11.9 Å². The highest BCUT2D eigenvalue weighted by atomic mass is 35.5. The normalized spacial score (nSPS) is 11.7. The fourth-order valence-corrected chi connectivity index (χ4v) is 1.20. The van der Waals surface area contributed by atoms with Gasteiger partial charge in [-0.25, -0.2) is 4.98 Å². The first-order chi connectivity index (χ1) is 8.76. The third-order valence-corrected chi connectivity index (χ3v) is 1.91. The van der Waals surface area contributed by atoms with E-state index in [-0.39, 0.29) is 49.1 Å². The highest BCUT2D eigenvalue weighted by molar-refractivity contribution is 5.90. The summed E-state index contributed by atoms with van der Waals surface area (Å²) in [7, 11) is 0. The summed E-state index contributed by atoms with van der Waals surface area (Å²) in [4.78, 5) is 15.0. The number of nitrogens with two attached hydrogens (primary N) is 1. The molecule has 1 amide bonds. The van der Waals surface area contributed by atoms with Crippen LogP contribution in [0.4, 0.5) is 18.9 Å². The first-order valence-electron chi connectivity index (χ1n) is 5.47. The van der Waals surface area contributed by atoms with E-state index >= 15 is 0 Å². The van der Waals surface area contributed by atoms with Gasteiger partial charge in [0.15, 0.2) is 6.61 Å². The quantitative estimate of drug-likeness (QED) is 0.856. The zero-order valence-corrected chi connectivity index (χ0v) is 12.6. The Labute approximate surface area is 132 Å². The molecule has 1 unspecified atom stereocenters. The summed E-state index contributed by atoms with van der Waals surface area (Å²) in [5.41, 5.74) is 5.81. The molecule has 0 aliphatic rings. The van der Waals surface area contributed by atoms with Gasteiger partial charge in [-0.3, -0.25) is 4.79 Å². The smallest absolute Gasteiger partial charge is 0.422 e. The lowest BCUT2D eigenvalue weighted by Crippen LogP contribution is -2.24. The molecule has 1 rings (SSSR count). The number of hydrogen-bond donors (Lipinski definition) is 2. The average Bonchev–Trinajstić information content (AvgIpc) is 2.26. The van der Waals surface area contributed by atoms with Gasteiger partial charge in [0.2, 0.25) is 11.8 Å². The van der Waals surface area contributed by atoms with E-state index in [1.54, 1.807) is 6.92 Å². The SMILES string of the molecule is CC(N)CC(=O)Nc1ccc(OCC(F)(F)F)nc1.Cl.Cl. The minimum Gasteiger partial charge on any atom is -0.468 e. The van der Waals surface area contributed by atoms with Crippen LogP contribution in [0.15, 0.2) is 18.3 Å². The van der Waals surface area contributed by atoms with Crippen molar-refractivity contribution in [2.45, 2.75) is 25.6 Å². The third kappa shape index (κ3) is 10.2. The fourth-order valence-electron chi connectivity index (χ4n) is 1.20. The summed E-state index contributed by atoms with van der Waals surface area (Å²) >= 11 is 0. The average molecular weight is 350 g/mol. The zero-order valence-electron chi connectivity index (χ0n) is 11.0. The van der Waals surface area contributed by atoms with Crippen LogP contribution >= 0.6 is 24.8 Å². The summed E-state index contributed by atoms with van der Waals surface area (Å²) in [5.74, 6) is -0.455. The van der Waals surface area contributed by atoms with Crippen LogP contribution in [-0.4, -0.2) is 29.7 Å². The van der Waals surface area contributed by atoms with Crippen molar-refractivity contribution in [2.24, 2.45) is 5.73 Å². The van der Waals surface area contributed by atoms with Crippen LogP contribution in [0.1, 0.15) is 13.3 Å². The van der Waals surface area contributed by atoms with Gasteiger partial charge in [0, 0.05) is 18.5 Å². The molecule has 0 aliphatic carbocycles. The highest BCUT2D eigenvalue weighted by Crippen LogP contribution is 2.18. The molecule has 1 atom stereocenters. The molecular formula is C11H16Cl2F3N3O2. The van der Waals surface area contributed by atoms with Gasteiger partial charge in [-0.1, -0.05) is 0 Å². The van der Waals surface area contributed by atoms with Crippen molar-refractivity contribution >= 4 is 36.4 Å². The van der Waals surface area contributed by atoms with E-state index in [0.717, 1.165) is 0 Å². The molecule has 1 aromatic rings. The number of alkyl halides is 3. The van der Waals surface area contributed by atoms with Gasteiger partial charge in [0.1, 0.15) is 0 Å². The van der Waals surface area contributed by atoms with Crippen molar-refractivity contribution in [3.8, 4) is 5.88 Å². The lowest BCUT2D eigenvalue weighted by molar-refractivity contribution is -0.154. The number of ether oxygens (including phenoxy) is 1. The van der Waals surface area contributed by atoms with Crippen LogP contribution in [-0.2, 0) is 4.79 Å². The molecule has 0 radical (unpaired) electrons. The Morgan fingerprint density at radius 3 is 2.48 bits per heavy atom. The van der Waals surface area contributed by atoms with Gasteiger partial charge in [-0.05, 0) is 13.0 Å². The Kier molecular flexibility index (Phi) is 10.1. The first kappa shape index (κ1) is 22.0. The van der Waals surface area contributed by atoms with Crippen molar-refractivity contribution in [1.29, 1.82) is 0 Å². The number of hydrogen-bond acceptors (Lipinski definition) is 4. The molecular weight excluding hydrogens is 334 g/mol. The minimum absolute atomic E-state index is 0. The predicted octanol–water partition coefficient (Wildman–Crippen LogP) is 2.54. The number of pyridine rings is 1. The number of rotatable bonds is 5. The fraction of sp³-hybridized carbons (Fsp3) is 0.455. The number of aromatic nitrogens is 1. The summed E-state index contributed by atoms with van der Waals surface area (Å²) in [6.07, 6.45) is -3.05. The van der Waals surface area contributed by atoms with E-state index < -0.39 is 12.8 Å². The maximum absolute atomic E-state index is 11.9. The number of amides is 1. The summed E-state index contributed by atoms with van der Waals surface area (Å²) in [6.45, 7) is 0.280. The number of carbonyl (C=O) groups excluding carboxylic acids is 1. The van der Waals surface area contributed by atoms with Crippen molar-refractivity contribution in [3.63, 3.8) is 0 Å². The molecule has 0 bridgehead atoms. The molecule has 3 N–H and O–H groups in total. The summed E-state index contributed by atoms with van der Waals surface area (Å²) < 4.78 is 40.1. The van der Waals surface area contributed by atoms with Gasteiger partial charge < -0.3 is 15.8 Å². The maximum atomic E-state index is 11.9. The van der Waals surface area contributed by atoms with Crippen molar-refractivity contribution < 1.29 is 22.7 Å². The first-order valence-corrected chi connectivity index (χ1v) is 5.47. The van der Waals surface area contributed by atoms with Gasteiger partial charge in [-0.15, -0.1) is 24.8 Å². The lowest BCUT2D eigenvalue weighted by Gasteiger charge is -2.09. The molecule has 1 heterocycles. The van der Waals surface area contributed by atoms with Crippen LogP contribution in [0, 0.1) is 0 Å². The number of carbonyl (C=O) groups is 1. The van der Waals surface area contributed by atoms with Crippen LogP contribution in [0.3, 0.4) is 0 Å². The van der Waals surface area contributed by atoms with Gasteiger partial charge >= 0.3 is 6.18 Å². The molecule has 0 fully saturated rings. The minimum atomic E-state index is -4.41. The standard InChI is InChI=1S/C11H14F3N3O2.2ClH/c1-7(15)4-9(18)17-8-2-3-10(16-5-8)19-6-11(12,13)14;;/h2-3,5,7H,4,6,15H2,1H3,(H,17,18);2*1H. The van der Waals surface area contributed by atoms with E-state index in [9.17, 15) is 18.0 Å². The molecule has 0 saturated carbocycles. The molecule has 0 saturated heterocycles. The number of nitrogens with one attached hydrogen (secondary N) is 1. The Hall–Kier alpha value is -1.25.